The Morgan fingerprint density at radius 1 is 1.33 bits per heavy atom. The van der Waals surface area contributed by atoms with Crippen LogP contribution in [0.15, 0.2) is 53.5 Å². The van der Waals surface area contributed by atoms with Gasteiger partial charge in [0.25, 0.3) is 11.2 Å². The Bertz CT molecular complexity index is 684. The molecule has 7 heteroatoms. The molecule has 0 spiro atoms. The maximum atomic E-state index is 11.7. The maximum Gasteiger partial charge on any atom is 0.271 e. The molecule has 0 bridgehead atoms. The van der Waals surface area contributed by atoms with Crippen LogP contribution >= 0.6 is 0 Å². The molecule has 0 saturated heterocycles. The summed E-state index contributed by atoms with van der Waals surface area (Å²) in [7, 11) is 1.50. The number of ether oxygens (including phenoxy) is 1. The number of nitro benzene ring substituents is 1. The summed E-state index contributed by atoms with van der Waals surface area (Å²) in [5, 5.41) is 13.7. The van der Waals surface area contributed by atoms with Gasteiger partial charge in [-0.1, -0.05) is 12.1 Å². The molecule has 1 N–H and O–H groups in total. The van der Waals surface area contributed by atoms with Gasteiger partial charge in [0.1, 0.15) is 0 Å². The molecule has 7 nitrogen and oxygen atoms in total. The number of hydrogen-bond donors (Lipinski definition) is 1. The predicted octanol–water partition coefficient (Wildman–Crippen LogP) is 2.01. The number of methoxy groups -OCH3 is 1. The van der Waals surface area contributed by atoms with Crippen molar-refractivity contribution < 1.29 is 9.66 Å². The summed E-state index contributed by atoms with van der Waals surface area (Å²) in [6, 6.07) is 11.0. The molecule has 2 aromatic rings. The standard InChI is InChI=1S/C14H15N3O4/c1-21-14(16-8-3-2-7-13(16)18)10-15-11-5-4-6-12(9-11)17(19)20/h2-9,14-15H,10H2,1H3. The van der Waals surface area contributed by atoms with Crippen molar-refractivity contribution in [1.82, 2.24) is 4.57 Å². The van der Waals surface area contributed by atoms with Crippen molar-refractivity contribution in [1.29, 1.82) is 0 Å². The molecule has 0 aliphatic carbocycles. The molecule has 0 amide bonds. The monoisotopic (exact) mass is 289 g/mol. The Kier molecular flexibility index (Phi) is 4.68. The van der Waals surface area contributed by atoms with Crippen molar-refractivity contribution in [3.05, 3.63) is 69.1 Å². The zero-order chi connectivity index (χ0) is 15.2. The number of hydrogen-bond acceptors (Lipinski definition) is 5. The van der Waals surface area contributed by atoms with E-state index in [9.17, 15) is 14.9 Å². The number of nitro groups is 1. The van der Waals surface area contributed by atoms with E-state index in [0.717, 1.165) is 0 Å². The van der Waals surface area contributed by atoms with Gasteiger partial charge in [0.2, 0.25) is 0 Å². The minimum atomic E-state index is -0.502. The highest BCUT2D eigenvalue weighted by atomic mass is 16.6. The second kappa shape index (κ2) is 6.67. The second-order valence-electron chi connectivity index (χ2n) is 4.32. The molecule has 0 fully saturated rings. The van der Waals surface area contributed by atoms with Gasteiger partial charge in [0, 0.05) is 37.2 Å². The number of aromatic nitrogens is 1. The molecule has 1 unspecified atom stereocenters. The van der Waals surface area contributed by atoms with Crippen LogP contribution in [0.2, 0.25) is 0 Å². The number of benzene rings is 1. The van der Waals surface area contributed by atoms with Gasteiger partial charge in [-0.2, -0.15) is 0 Å². The minimum Gasteiger partial charge on any atom is -0.380 e. The van der Waals surface area contributed by atoms with Crippen LogP contribution < -0.4 is 10.9 Å². The Morgan fingerprint density at radius 2 is 2.14 bits per heavy atom. The van der Waals surface area contributed by atoms with Crippen molar-refractivity contribution in [2.45, 2.75) is 6.23 Å². The van der Waals surface area contributed by atoms with E-state index in [1.807, 2.05) is 0 Å². The van der Waals surface area contributed by atoms with E-state index < -0.39 is 11.2 Å². The molecule has 0 radical (unpaired) electrons. The summed E-state index contributed by atoms with van der Waals surface area (Å²) >= 11 is 0. The molecule has 0 aliphatic rings. The van der Waals surface area contributed by atoms with Gasteiger partial charge in [0.05, 0.1) is 11.5 Å². The Balaban J connectivity index is 2.11. The van der Waals surface area contributed by atoms with E-state index in [-0.39, 0.29) is 11.2 Å². The van der Waals surface area contributed by atoms with Crippen molar-refractivity contribution >= 4 is 11.4 Å². The Hall–Kier alpha value is -2.67. The Labute approximate surface area is 120 Å². The van der Waals surface area contributed by atoms with Crippen molar-refractivity contribution in [3.63, 3.8) is 0 Å². The van der Waals surface area contributed by atoms with E-state index >= 15 is 0 Å². The third-order valence-corrected chi connectivity index (χ3v) is 2.97. The first-order valence-electron chi connectivity index (χ1n) is 6.30. The van der Waals surface area contributed by atoms with E-state index in [4.69, 9.17) is 4.74 Å². The number of nitrogens with one attached hydrogen (secondary N) is 1. The summed E-state index contributed by atoms with van der Waals surface area (Å²) in [6.07, 6.45) is 1.13. The maximum absolute atomic E-state index is 11.7. The van der Waals surface area contributed by atoms with Crippen molar-refractivity contribution in [3.8, 4) is 0 Å². The number of rotatable bonds is 6. The van der Waals surface area contributed by atoms with E-state index in [1.165, 1.54) is 29.9 Å². The molecular weight excluding hydrogens is 274 g/mol. The Morgan fingerprint density at radius 3 is 2.81 bits per heavy atom. The first-order valence-corrected chi connectivity index (χ1v) is 6.30. The summed E-state index contributed by atoms with van der Waals surface area (Å²) in [5.74, 6) is 0. The lowest BCUT2D eigenvalue weighted by molar-refractivity contribution is -0.384. The van der Waals surface area contributed by atoms with Crippen LogP contribution in [0.1, 0.15) is 6.23 Å². The van der Waals surface area contributed by atoms with Crippen LogP contribution in [0.3, 0.4) is 0 Å². The fraction of sp³-hybridized carbons (Fsp3) is 0.214. The molecular formula is C14H15N3O4. The second-order valence-corrected chi connectivity index (χ2v) is 4.32. The van der Waals surface area contributed by atoms with E-state index in [0.29, 0.717) is 12.2 Å². The highest BCUT2D eigenvalue weighted by molar-refractivity contribution is 5.50. The van der Waals surface area contributed by atoms with E-state index in [2.05, 4.69) is 5.32 Å². The summed E-state index contributed by atoms with van der Waals surface area (Å²) in [4.78, 5) is 22.0. The molecule has 2 rings (SSSR count). The fourth-order valence-corrected chi connectivity index (χ4v) is 1.91. The van der Waals surface area contributed by atoms with Crippen molar-refractivity contribution in [2.75, 3.05) is 19.0 Å². The van der Waals surface area contributed by atoms with Crippen LogP contribution in [-0.2, 0) is 4.74 Å². The van der Waals surface area contributed by atoms with Crippen molar-refractivity contribution in [2.24, 2.45) is 0 Å². The number of non-ortho nitro benzene ring substituents is 1. The van der Waals surface area contributed by atoms with E-state index in [1.54, 1.807) is 30.5 Å². The topological polar surface area (TPSA) is 86.4 Å². The SMILES string of the molecule is COC(CNc1cccc([N+](=O)[O-])c1)n1ccccc1=O. The van der Waals surface area contributed by atoms with Gasteiger partial charge in [-0.15, -0.1) is 0 Å². The summed E-state index contributed by atoms with van der Waals surface area (Å²) < 4.78 is 6.73. The predicted molar refractivity (Wildman–Crippen MR) is 78.3 cm³/mol. The van der Waals surface area contributed by atoms with Gasteiger partial charge in [-0.25, -0.2) is 0 Å². The average molecular weight is 289 g/mol. The molecule has 1 atom stereocenters. The summed E-state index contributed by atoms with van der Waals surface area (Å²) in [6.45, 7) is 0.307. The molecule has 0 aliphatic heterocycles. The third-order valence-electron chi connectivity index (χ3n) is 2.97. The summed E-state index contributed by atoms with van der Waals surface area (Å²) in [5.41, 5.74) is 0.422. The van der Waals surface area contributed by atoms with Crippen LogP contribution in [0.5, 0.6) is 0 Å². The highest BCUT2D eigenvalue weighted by Gasteiger charge is 2.11. The minimum absolute atomic E-state index is 0.00541. The molecule has 1 heterocycles. The van der Waals surface area contributed by atoms with Crippen LogP contribution in [0.25, 0.3) is 0 Å². The zero-order valence-electron chi connectivity index (χ0n) is 11.4. The average Bonchev–Trinajstić information content (AvgIpc) is 2.50. The van der Waals surface area contributed by atoms with Crippen LogP contribution in [0.4, 0.5) is 11.4 Å². The lowest BCUT2D eigenvalue weighted by atomic mass is 10.3. The number of nitrogens with zero attached hydrogens (tertiary/aromatic N) is 2. The first kappa shape index (κ1) is 14.7. The van der Waals surface area contributed by atoms with Gasteiger partial charge >= 0.3 is 0 Å². The molecule has 21 heavy (non-hydrogen) atoms. The molecule has 1 aromatic heterocycles. The normalized spacial score (nSPS) is 11.9. The van der Waals surface area contributed by atoms with Gasteiger partial charge in [-0.3, -0.25) is 19.5 Å². The van der Waals surface area contributed by atoms with Gasteiger partial charge in [0.15, 0.2) is 6.23 Å². The van der Waals surface area contributed by atoms with Crippen LogP contribution in [-0.4, -0.2) is 23.1 Å². The molecule has 110 valence electrons. The molecule has 0 saturated carbocycles. The number of anilines is 1. The fourth-order valence-electron chi connectivity index (χ4n) is 1.91. The highest BCUT2D eigenvalue weighted by Crippen LogP contribution is 2.17. The third kappa shape index (κ3) is 3.67. The molecule has 1 aromatic carbocycles. The number of pyridine rings is 1. The quantitative estimate of drug-likeness (QED) is 0.649. The smallest absolute Gasteiger partial charge is 0.271 e. The largest absolute Gasteiger partial charge is 0.380 e. The van der Waals surface area contributed by atoms with Crippen LogP contribution in [0, 0.1) is 10.1 Å². The lowest BCUT2D eigenvalue weighted by Crippen LogP contribution is -2.29. The zero-order valence-corrected chi connectivity index (χ0v) is 11.4. The lowest BCUT2D eigenvalue weighted by Gasteiger charge is -2.19. The van der Waals surface area contributed by atoms with Gasteiger partial charge < -0.3 is 10.1 Å². The first-order chi connectivity index (χ1) is 10.1. The van der Waals surface area contributed by atoms with Gasteiger partial charge in [-0.05, 0) is 12.1 Å².